The van der Waals surface area contributed by atoms with Crippen molar-refractivity contribution in [3.8, 4) is 45.2 Å². The number of aromatic nitrogens is 3. The lowest BCUT2D eigenvalue weighted by Gasteiger charge is -2.11. The summed E-state index contributed by atoms with van der Waals surface area (Å²) in [7, 11) is 0. The average molecular weight is 626 g/mol. The summed E-state index contributed by atoms with van der Waals surface area (Å²) < 4.78 is 6.60. The molecule has 0 bridgehead atoms. The molecule has 0 aliphatic heterocycles. The molecule has 0 atom stereocenters. The van der Waals surface area contributed by atoms with Crippen molar-refractivity contribution in [2.24, 2.45) is 0 Å². The Kier molecular flexibility index (Phi) is 6.15. The standard InChI is InChI=1S/C45H27N3O/c1-3-12-29(13-4-1)43-42-37-26-33(22-24-41(37)49-44(42)36-17-9-10-18-38(36)46-43)40-27-39(47-45(48-40)30-14-5-2-6-15-30)32-21-23-35-31(25-32)20-19-28-11-7-8-16-34(28)35/h1-27H. The summed E-state index contributed by atoms with van der Waals surface area (Å²) in [6, 6.07) is 56.7. The van der Waals surface area contributed by atoms with Gasteiger partial charge in [-0.05, 0) is 64.0 Å². The topological polar surface area (TPSA) is 51.8 Å². The first-order valence-corrected chi connectivity index (χ1v) is 16.4. The number of hydrogen-bond donors (Lipinski definition) is 0. The zero-order chi connectivity index (χ0) is 32.3. The number of pyridine rings is 1. The third-order valence-electron chi connectivity index (χ3n) is 9.45. The Morgan fingerprint density at radius 2 is 1.02 bits per heavy atom. The van der Waals surface area contributed by atoms with Gasteiger partial charge in [-0.1, -0.05) is 121 Å². The van der Waals surface area contributed by atoms with Crippen molar-refractivity contribution in [1.29, 1.82) is 0 Å². The molecule has 3 heterocycles. The summed E-state index contributed by atoms with van der Waals surface area (Å²) >= 11 is 0. The van der Waals surface area contributed by atoms with Crippen molar-refractivity contribution in [1.82, 2.24) is 15.0 Å². The minimum absolute atomic E-state index is 0.682. The van der Waals surface area contributed by atoms with Gasteiger partial charge in [0.15, 0.2) is 5.82 Å². The van der Waals surface area contributed by atoms with Gasteiger partial charge >= 0.3 is 0 Å². The van der Waals surface area contributed by atoms with Crippen LogP contribution >= 0.6 is 0 Å². The molecule has 10 aromatic rings. The predicted octanol–water partition coefficient (Wildman–Crippen LogP) is 11.9. The molecular formula is C45H27N3O. The van der Waals surface area contributed by atoms with Gasteiger partial charge in [0.2, 0.25) is 0 Å². The van der Waals surface area contributed by atoms with Crippen LogP contribution in [0.3, 0.4) is 0 Å². The minimum atomic E-state index is 0.682. The van der Waals surface area contributed by atoms with Gasteiger partial charge in [-0.25, -0.2) is 15.0 Å². The fourth-order valence-electron chi connectivity index (χ4n) is 7.06. The highest BCUT2D eigenvalue weighted by molar-refractivity contribution is 6.19. The molecule has 49 heavy (non-hydrogen) atoms. The Morgan fingerprint density at radius 3 is 1.84 bits per heavy atom. The second-order valence-corrected chi connectivity index (χ2v) is 12.4. The Morgan fingerprint density at radius 1 is 0.388 bits per heavy atom. The second-order valence-electron chi connectivity index (χ2n) is 12.4. The molecule has 0 unspecified atom stereocenters. The molecule has 3 aromatic heterocycles. The van der Waals surface area contributed by atoms with Gasteiger partial charge in [0.05, 0.1) is 28.0 Å². The molecule has 0 aliphatic rings. The molecule has 10 rings (SSSR count). The van der Waals surface area contributed by atoms with E-state index in [0.717, 1.165) is 72.2 Å². The zero-order valence-corrected chi connectivity index (χ0v) is 26.3. The van der Waals surface area contributed by atoms with Crippen molar-refractivity contribution >= 4 is 54.4 Å². The quantitative estimate of drug-likeness (QED) is 0.183. The lowest BCUT2D eigenvalue weighted by molar-refractivity contribution is 0.672. The van der Waals surface area contributed by atoms with Crippen LogP contribution in [0.5, 0.6) is 0 Å². The smallest absolute Gasteiger partial charge is 0.160 e. The van der Waals surface area contributed by atoms with Crippen molar-refractivity contribution < 1.29 is 4.42 Å². The van der Waals surface area contributed by atoms with E-state index < -0.39 is 0 Å². The van der Waals surface area contributed by atoms with Gasteiger partial charge in [-0.2, -0.15) is 0 Å². The monoisotopic (exact) mass is 625 g/mol. The summed E-state index contributed by atoms with van der Waals surface area (Å²) in [5.41, 5.74) is 9.21. The number of furan rings is 1. The van der Waals surface area contributed by atoms with E-state index in [9.17, 15) is 0 Å². The minimum Gasteiger partial charge on any atom is -0.455 e. The number of benzene rings is 7. The maximum Gasteiger partial charge on any atom is 0.160 e. The van der Waals surface area contributed by atoms with Gasteiger partial charge in [-0.15, -0.1) is 0 Å². The van der Waals surface area contributed by atoms with E-state index in [1.54, 1.807) is 0 Å². The number of para-hydroxylation sites is 1. The van der Waals surface area contributed by atoms with Crippen LogP contribution in [0.15, 0.2) is 168 Å². The molecule has 7 aromatic carbocycles. The highest BCUT2D eigenvalue weighted by Crippen LogP contribution is 2.41. The predicted molar refractivity (Wildman–Crippen MR) is 201 cm³/mol. The molecule has 0 spiro atoms. The molecule has 0 saturated carbocycles. The first kappa shape index (κ1) is 27.5. The molecule has 228 valence electrons. The van der Waals surface area contributed by atoms with Crippen LogP contribution in [0.25, 0.3) is 99.5 Å². The van der Waals surface area contributed by atoms with E-state index >= 15 is 0 Å². The SMILES string of the molecule is c1ccc(-c2nc(-c3ccc4c(ccc5ccccc54)c3)cc(-c3ccc4oc5c6ccccc6nc(-c6ccccc6)c5c4c3)n2)cc1. The van der Waals surface area contributed by atoms with Crippen molar-refractivity contribution in [3.05, 3.63) is 164 Å². The summed E-state index contributed by atoms with van der Waals surface area (Å²) in [4.78, 5) is 15.4. The van der Waals surface area contributed by atoms with Crippen LogP contribution in [0.4, 0.5) is 0 Å². The van der Waals surface area contributed by atoms with Crippen LogP contribution in [0, 0.1) is 0 Å². The van der Waals surface area contributed by atoms with Crippen molar-refractivity contribution in [2.45, 2.75) is 0 Å². The molecule has 0 amide bonds. The zero-order valence-electron chi connectivity index (χ0n) is 26.3. The van der Waals surface area contributed by atoms with E-state index in [1.807, 2.05) is 42.5 Å². The molecule has 4 heteroatoms. The third kappa shape index (κ3) is 4.57. The Bertz CT molecular complexity index is 2880. The lowest BCUT2D eigenvalue weighted by atomic mass is 9.98. The maximum atomic E-state index is 6.60. The number of fused-ring (bicyclic) bond motifs is 8. The van der Waals surface area contributed by atoms with E-state index in [1.165, 1.54) is 21.5 Å². The number of rotatable bonds is 4. The van der Waals surface area contributed by atoms with E-state index in [0.29, 0.717) is 5.82 Å². The third-order valence-corrected chi connectivity index (χ3v) is 9.45. The first-order chi connectivity index (χ1) is 24.3. The van der Waals surface area contributed by atoms with E-state index in [4.69, 9.17) is 19.4 Å². The fourth-order valence-corrected chi connectivity index (χ4v) is 7.06. The van der Waals surface area contributed by atoms with Crippen LogP contribution in [-0.4, -0.2) is 15.0 Å². The Hall–Kier alpha value is -6.65. The maximum absolute atomic E-state index is 6.60. The van der Waals surface area contributed by atoms with Gasteiger partial charge in [0.1, 0.15) is 11.2 Å². The highest BCUT2D eigenvalue weighted by Gasteiger charge is 2.19. The summed E-state index contributed by atoms with van der Waals surface area (Å²) in [6.45, 7) is 0. The van der Waals surface area contributed by atoms with Crippen LogP contribution < -0.4 is 0 Å². The molecule has 0 fully saturated rings. The molecule has 0 radical (unpaired) electrons. The van der Waals surface area contributed by atoms with Gasteiger partial charge in [-0.3, -0.25) is 0 Å². The van der Waals surface area contributed by atoms with Crippen LogP contribution in [0.2, 0.25) is 0 Å². The van der Waals surface area contributed by atoms with Gasteiger partial charge in [0, 0.05) is 33.0 Å². The summed E-state index contributed by atoms with van der Waals surface area (Å²) in [6.07, 6.45) is 0. The van der Waals surface area contributed by atoms with Gasteiger partial charge in [0.25, 0.3) is 0 Å². The summed E-state index contributed by atoms with van der Waals surface area (Å²) in [5, 5.41) is 7.89. The summed E-state index contributed by atoms with van der Waals surface area (Å²) in [5.74, 6) is 0.682. The fraction of sp³-hybridized carbons (Fsp3) is 0. The molecular weight excluding hydrogens is 599 g/mol. The van der Waals surface area contributed by atoms with E-state index in [2.05, 4.69) is 121 Å². The van der Waals surface area contributed by atoms with Crippen LogP contribution in [0.1, 0.15) is 0 Å². The van der Waals surface area contributed by atoms with E-state index in [-0.39, 0.29) is 0 Å². The molecule has 0 aliphatic carbocycles. The van der Waals surface area contributed by atoms with Crippen molar-refractivity contribution in [3.63, 3.8) is 0 Å². The molecule has 0 saturated heterocycles. The molecule has 4 nitrogen and oxygen atoms in total. The highest BCUT2D eigenvalue weighted by atomic mass is 16.3. The molecule has 0 N–H and O–H groups in total. The number of hydrogen-bond acceptors (Lipinski definition) is 4. The van der Waals surface area contributed by atoms with Gasteiger partial charge < -0.3 is 4.42 Å². The normalized spacial score (nSPS) is 11.7. The number of nitrogens with zero attached hydrogens (tertiary/aromatic N) is 3. The largest absolute Gasteiger partial charge is 0.455 e. The first-order valence-electron chi connectivity index (χ1n) is 16.4. The Labute approximate surface area is 282 Å². The average Bonchev–Trinajstić information content (AvgIpc) is 3.57. The lowest BCUT2D eigenvalue weighted by Crippen LogP contribution is -1.96. The Balaban J connectivity index is 1.20. The van der Waals surface area contributed by atoms with Crippen molar-refractivity contribution in [2.75, 3.05) is 0 Å². The second kappa shape index (κ2) is 11.0. The van der Waals surface area contributed by atoms with Crippen LogP contribution in [-0.2, 0) is 0 Å².